The minimum Gasteiger partial charge on any atom is -0.393 e. The maximum atomic E-state index is 9.06. The summed E-state index contributed by atoms with van der Waals surface area (Å²) in [5.41, 5.74) is 0. The summed E-state index contributed by atoms with van der Waals surface area (Å²) in [5, 5.41) is 13.1. The van der Waals surface area contributed by atoms with Crippen LogP contribution in [-0.4, -0.2) is 26.0 Å². The van der Waals surface area contributed by atoms with Crippen molar-refractivity contribution in [3.05, 3.63) is 12.2 Å². The van der Waals surface area contributed by atoms with E-state index in [1.54, 1.807) is 13.3 Å². The first-order valence-corrected chi connectivity index (χ1v) is 4.28. The van der Waals surface area contributed by atoms with Crippen LogP contribution in [-0.2, 0) is 13.0 Å². The second-order valence-electron chi connectivity index (χ2n) is 2.88. The van der Waals surface area contributed by atoms with Crippen molar-refractivity contribution >= 4 is 0 Å². The summed E-state index contributed by atoms with van der Waals surface area (Å²) in [5.74, 6) is 0.957. The number of rotatable bonds is 4. The number of nitrogens with zero attached hydrogens (tertiary/aromatic N) is 3. The smallest absolute Gasteiger partial charge is 0.138 e. The molecule has 1 aromatic rings. The molecule has 0 aliphatic rings. The van der Waals surface area contributed by atoms with Crippen LogP contribution in [0.15, 0.2) is 6.33 Å². The first-order chi connectivity index (χ1) is 5.74. The van der Waals surface area contributed by atoms with Crippen molar-refractivity contribution in [2.75, 3.05) is 0 Å². The Labute approximate surface area is 72.2 Å². The van der Waals surface area contributed by atoms with Gasteiger partial charge in [-0.15, -0.1) is 0 Å². The van der Waals surface area contributed by atoms with Crippen molar-refractivity contribution in [3.8, 4) is 0 Å². The van der Waals surface area contributed by atoms with E-state index in [2.05, 4.69) is 10.1 Å². The van der Waals surface area contributed by atoms with Crippen LogP contribution in [0, 0.1) is 0 Å². The third kappa shape index (κ3) is 2.30. The van der Waals surface area contributed by atoms with Crippen molar-refractivity contribution < 1.29 is 5.11 Å². The Bertz CT molecular complexity index is 232. The van der Waals surface area contributed by atoms with Crippen LogP contribution < -0.4 is 0 Å². The lowest BCUT2D eigenvalue weighted by atomic mass is 10.2. The number of aliphatic hydroxyl groups is 1. The zero-order valence-corrected chi connectivity index (χ0v) is 7.56. The molecular weight excluding hydrogens is 154 g/mol. The first kappa shape index (κ1) is 9.19. The Hall–Kier alpha value is -0.900. The molecule has 4 nitrogen and oxygen atoms in total. The van der Waals surface area contributed by atoms with E-state index in [9.17, 15) is 0 Å². The number of aryl methyl sites for hydroxylation is 2. The van der Waals surface area contributed by atoms with E-state index in [0.717, 1.165) is 25.2 Å². The number of aliphatic hydroxyl groups excluding tert-OH is 1. The van der Waals surface area contributed by atoms with Crippen LogP contribution in [0.1, 0.15) is 26.1 Å². The molecule has 0 bridgehead atoms. The molecule has 68 valence electrons. The second-order valence-corrected chi connectivity index (χ2v) is 2.88. The molecule has 12 heavy (non-hydrogen) atoms. The van der Waals surface area contributed by atoms with Gasteiger partial charge in [0.05, 0.1) is 6.10 Å². The molecule has 0 fully saturated rings. The Morgan fingerprint density at radius 2 is 2.42 bits per heavy atom. The van der Waals surface area contributed by atoms with Gasteiger partial charge in [0.1, 0.15) is 12.2 Å². The van der Waals surface area contributed by atoms with Crippen molar-refractivity contribution in [2.45, 2.75) is 39.3 Å². The molecule has 0 saturated carbocycles. The standard InChI is InChI=1S/C8H15N3O/c1-3-11-8(9-6-10-11)5-4-7(2)12/h6-7,12H,3-5H2,1-2H3/t7-/m0/s1. The van der Waals surface area contributed by atoms with Gasteiger partial charge in [0.25, 0.3) is 0 Å². The highest BCUT2D eigenvalue weighted by Crippen LogP contribution is 2.01. The summed E-state index contributed by atoms with van der Waals surface area (Å²) >= 11 is 0. The highest BCUT2D eigenvalue weighted by Gasteiger charge is 2.03. The van der Waals surface area contributed by atoms with Gasteiger partial charge in [-0.2, -0.15) is 5.10 Å². The van der Waals surface area contributed by atoms with Crippen LogP contribution in [0.4, 0.5) is 0 Å². The van der Waals surface area contributed by atoms with Crippen LogP contribution in [0.2, 0.25) is 0 Å². The summed E-state index contributed by atoms with van der Waals surface area (Å²) < 4.78 is 1.85. The normalized spacial score (nSPS) is 13.2. The fourth-order valence-corrected chi connectivity index (χ4v) is 1.08. The molecule has 0 radical (unpaired) electrons. The van der Waals surface area contributed by atoms with Gasteiger partial charge in [-0.05, 0) is 20.3 Å². The fraction of sp³-hybridized carbons (Fsp3) is 0.750. The summed E-state index contributed by atoms with van der Waals surface area (Å²) in [7, 11) is 0. The van der Waals surface area contributed by atoms with Gasteiger partial charge in [-0.25, -0.2) is 4.98 Å². The van der Waals surface area contributed by atoms with Crippen molar-refractivity contribution in [2.24, 2.45) is 0 Å². The van der Waals surface area contributed by atoms with E-state index in [1.807, 2.05) is 11.6 Å². The molecule has 1 rings (SSSR count). The molecule has 0 spiro atoms. The molecule has 0 saturated heterocycles. The van der Waals surface area contributed by atoms with Crippen LogP contribution in [0.3, 0.4) is 0 Å². The average Bonchev–Trinajstić information content (AvgIpc) is 2.47. The molecule has 0 aliphatic carbocycles. The molecule has 0 aliphatic heterocycles. The highest BCUT2D eigenvalue weighted by atomic mass is 16.3. The fourth-order valence-electron chi connectivity index (χ4n) is 1.08. The molecule has 1 N–H and O–H groups in total. The lowest BCUT2D eigenvalue weighted by molar-refractivity contribution is 0.183. The summed E-state index contributed by atoms with van der Waals surface area (Å²) in [6, 6.07) is 0. The Morgan fingerprint density at radius 1 is 1.67 bits per heavy atom. The van der Waals surface area contributed by atoms with Gasteiger partial charge >= 0.3 is 0 Å². The van der Waals surface area contributed by atoms with Crippen LogP contribution in [0.5, 0.6) is 0 Å². The molecule has 1 atom stereocenters. The zero-order chi connectivity index (χ0) is 8.97. The van der Waals surface area contributed by atoms with Crippen LogP contribution >= 0.6 is 0 Å². The van der Waals surface area contributed by atoms with E-state index in [0.29, 0.717) is 0 Å². The van der Waals surface area contributed by atoms with Gasteiger partial charge in [0, 0.05) is 13.0 Å². The quantitative estimate of drug-likeness (QED) is 0.718. The second kappa shape index (κ2) is 4.21. The number of hydrogen-bond donors (Lipinski definition) is 1. The monoisotopic (exact) mass is 169 g/mol. The predicted molar refractivity (Wildman–Crippen MR) is 45.7 cm³/mol. The number of hydrogen-bond acceptors (Lipinski definition) is 3. The van der Waals surface area contributed by atoms with E-state index in [4.69, 9.17) is 5.11 Å². The van der Waals surface area contributed by atoms with Crippen molar-refractivity contribution in [3.63, 3.8) is 0 Å². The van der Waals surface area contributed by atoms with E-state index >= 15 is 0 Å². The lowest BCUT2D eigenvalue weighted by Crippen LogP contribution is -2.08. The van der Waals surface area contributed by atoms with Gasteiger partial charge < -0.3 is 5.11 Å². The molecule has 4 heteroatoms. The van der Waals surface area contributed by atoms with Crippen molar-refractivity contribution in [1.29, 1.82) is 0 Å². The highest BCUT2D eigenvalue weighted by molar-refractivity contribution is 4.84. The minimum absolute atomic E-state index is 0.257. The maximum absolute atomic E-state index is 9.06. The molecule has 1 aromatic heterocycles. The molecular formula is C8H15N3O. The van der Waals surface area contributed by atoms with E-state index < -0.39 is 0 Å². The minimum atomic E-state index is -0.257. The summed E-state index contributed by atoms with van der Waals surface area (Å²) in [6.45, 7) is 4.66. The molecule has 0 aromatic carbocycles. The van der Waals surface area contributed by atoms with E-state index in [-0.39, 0.29) is 6.10 Å². The maximum Gasteiger partial charge on any atom is 0.138 e. The SMILES string of the molecule is CCn1ncnc1CC[C@H](C)O. The van der Waals surface area contributed by atoms with Crippen LogP contribution in [0.25, 0.3) is 0 Å². The van der Waals surface area contributed by atoms with Gasteiger partial charge in [0.15, 0.2) is 0 Å². The van der Waals surface area contributed by atoms with Gasteiger partial charge in [-0.3, -0.25) is 4.68 Å². The predicted octanol–water partition coefficient (Wildman–Crippen LogP) is 0.611. The summed E-state index contributed by atoms with van der Waals surface area (Å²) in [6.07, 6.45) is 2.84. The Balaban J connectivity index is 2.50. The Morgan fingerprint density at radius 3 is 3.00 bits per heavy atom. The van der Waals surface area contributed by atoms with Gasteiger partial charge in [-0.1, -0.05) is 0 Å². The molecule has 0 unspecified atom stereocenters. The van der Waals surface area contributed by atoms with Gasteiger partial charge in [0.2, 0.25) is 0 Å². The third-order valence-electron chi connectivity index (χ3n) is 1.78. The lowest BCUT2D eigenvalue weighted by Gasteiger charge is -2.04. The molecule has 1 heterocycles. The number of aromatic nitrogens is 3. The first-order valence-electron chi connectivity index (χ1n) is 4.28. The topological polar surface area (TPSA) is 50.9 Å². The summed E-state index contributed by atoms with van der Waals surface area (Å²) in [4.78, 5) is 4.10. The van der Waals surface area contributed by atoms with Crippen molar-refractivity contribution in [1.82, 2.24) is 14.8 Å². The Kier molecular flexibility index (Phi) is 3.22. The molecule has 0 amide bonds. The largest absolute Gasteiger partial charge is 0.393 e. The zero-order valence-electron chi connectivity index (χ0n) is 7.56. The van der Waals surface area contributed by atoms with E-state index in [1.165, 1.54) is 0 Å². The third-order valence-corrected chi connectivity index (χ3v) is 1.78. The average molecular weight is 169 g/mol.